The van der Waals surface area contributed by atoms with Gasteiger partial charge in [-0.2, -0.15) is 0 Å². The monoisotopic (exact) mass is 274 g/mol. The molecule has 0 saturated carbocycles. The van der Waals surface area contributed by atoms with Crippen molar-refractivity contribution >= 4 is 11.0 Å². The van der Waals surface area contributed by atoms with Crippen molar-refractivity contribution in [2.45, 2.75) is 64.8 Å². The molecule has 0 saturated heterocycles. The average molecular weight is 274 g/mol. The number of nitrogens with one attached hydrogen (secondary N) is 1. The number of H-pyrrole nitrogens is 1. The third-order valence-corrected chi connectivity index (χ3v) is 3.95. The lowest BCUT2D eigenvalue weighted by Gasteiger charge is -2.08. The van der Waals surface area contributed by atoms with Gasteiger partial charge in [-0.1, -0.05) is 56.7 Å². The molecule has 2 aromatic rings. The zero-order chi connectivity index (χ0) is 14.2. The summed E-state index contributed by atoms with van der Waals surface area (Å²) in [6.45, 7) is 2.80. The predicted octanol–water partition coefficient (Wildman–Crippen LogP) is 3.71. The molecule has 0 fully saturated rings. The van der Waals surface area contributed by atoms with Crippen LogP contribution in [0.1, 0.15) is 63.0 Å². The number of aromatic amines is 1. The van der Waals surface area contributed by atoms with Crippen molar-refractivity contribution in [1.82, 2.24) is 15.4 Å². The van der Waals surface area contributed by atoms with Gasteiger partial charge in [-0.3, -0.25) is 5.10 Å². The van der Waals surface area contributed by atoms with E-state index >= 15 is 0 Å². The van der Waals surface area contributed by atoms with Crippen molar-refractivity contribution in [3.05, 3.63) is 23.3 Å². The highest BCUT2D eigenvalue weighted by molar-refractivity contribution is 5.78. The summed E-state index contributed by atoms with van der Waals surface area (Å²) >= 11 is 0. The van der Waals surface area contributed by atoms with E-state index in [0.717, 1.165) is 23.0 Å². The zero-order valence-electron chi connectivity index (χ0n) is 12.5. The van der Waals surface area contributed by atoms with Crippen LogP contribution in [-0.2, 0) is 13.0 Å². The number of hydrogen-bond acceptors (Lipinski definition) is 3. The summed E-state index contributed by atoms with van der Waals surface area (Å²) in [6.07, 6.45) is 10.5. The third kappa shape index (κ3) is 3.79. The maximum Gasteiger partial charge on any atom is 0.117 e. The maximum atomic E-state index is 5.88. The van der Waals surface area contributed by atoms with Crippen LogP contribution in [0.2, 0.25) is 0 Å². The van der Waals surface area contributed by atoms with Crippen molar-refractivity contribution in [3.8, 4) is 0 Å². The lowest BCUT2D eigenvalue weighted by atomic mass is 9.99. The minimum absolute atomic E-state index is 0.537. The van der Waals surface area contributed by atoms with Crippen LogP contribution >= 0.6 is 0 Å². The molecule has 4 heteroatoms. The molecule has 0 aliphatic rings. The van der Waals surface area contributed by atoms with Gasteiger partial charge in [0.15, 0.2) is 0 Å². The molecule has 4 nitrogen and oxygen atoms in total. The van der Waals surface area contributed by atoms with Crippen molar-refractivity contribution < 1.29 is 0 Å². The SMILES string of the molecule is CCCCCCCCCc1ccc2[nH]nnc2c1CN. The highest BCUT2D eigenvalue weighted by Crippen LogP contribution is 2.20. The molecule has 0 unspecified atom stereocenters. The summed E-state index contributed by atoms with van der Waals surface area (Å²) in [7, 11) is 0. The number of unbranched alkanes of at least 4 members (excludes halogenated alkanes) is 6. The van der Waals surface area contributed by atoms with Gasteiger partial charge >= 0.3 is 0 Å². The van der Waals surface area contributed by atoms with Crippen LogP contribution in [0.4, 0.5) is 0 Å². The fourth-order valence-electron chi connectivity index (χ4n) is 2.75. The molecule has 1 aromatic carbocycles. The third-order valence-electron chi connectivity index (χ3n) is 3.95. The second kappa shape index (κ2) is 8.00. The fourth-order valence-corrected chi connectivity index (χ4v) is 2.75. The van der Waals surface area contributed by atoms with Crippen LogP contribution in [0, 0.1) is 0 Å². The van der Waals surface area contributed by atoms with Crippen LogP contribution < -0.4 is 5.73 Å². The quantitative estimate of drug-likeness (QED) is 0.685. The number of benzene rings is 1. The first-order valence-electron chi connectivity index (χ1n) is 7.88. The van der Waals surface area contributed by atoms with E-state index in [0.29, 0.717) is 6.54 Å². The average Bonchev–Trinajstić information content (AvgIpc) is 2.94. The van der Waals surface area contributed by atoms with Gasteiger partial charge in [-0.25, -0.2) is 0 Å². The Morgan fingerprint density at radius 2 is 1.80 bits per heavy atom. The van der Waals surface area contributed by atoms with E-state index in [1.54, 1.807) is 0 Å². The van der Waals surface area contributed by atoms with Gasteiger partial charge in [0.1, 0.15) is 5.52 Å². The predicted molar refractivity (Wildman–Crippen MR) is 83.5 cm³/mol. The molecule has 0 spiro atoms. The van der Waals surface area contributed by atoms with E-state index in [4.69, 9.17) is 5.73 Å². The van der Waals surface area contributed by atoms with E-state index in [-0.39, 0.29) is 0 Å². The summed E-state index contributed by atoms with van der Waals surface area (Å²) in [5.74, 6) is 0. The standard InChI is InChI=1S/C16H26N4/c1-2-3-4-5-6-7-8-9-13-10-11-15-16(14(13)12-17)19-20-18-15/h10-11H,2-9,12,17H2,1H3,(H,18,19,20). The van der Waals surface area contributed by atoms with Gasteiger partial charge in [0.25, 0.3) is 0 Å². The molecule has 2 rings (SSSR count). The van der Waals surface area contributed by atoms with Crippen LogP contribution in [0.25, 0.3) is 11.0 Å². The molecular formula is C16H26N4. The Labute approximate surface area is 121 Å². The zero-order valence-corrected chi connectivity index (χ0v) is 12.5. The highest BCUT2D eigenvalue weighted by Gasteiger charge is 2.08. The van der Waals surface area contributed by atoms with Crippen LogP contribution in [0.5, 0.6) is 0 Å². The summed E-state index contributed by atoms with van der Waals surface area (Å²) in [6, 6.07) is 4.23. The Bertz CT molecular complexity index is 518. The van der Waals surface area contributed by atoms with Gasteiger partial charge < -0.3 is 5.73 Å². The molecule has 1 heterocycles. The topological polar surface area (TPSA) is 67.6 Å². The minimum Gasteiger partial charge on any atom is -0.326 e. The molecule has 0 aliphatic carbocycles. The normalized spacial score (nSPS) is 11.3. The lowest BCUT2D eigenvalue weighted by molar-refractivity contribution is 0.589. The summed E-state index contributed by atoms with van der Waals surface area (Å²) < 4.78 is 0. The van der Waals surface area contributed by atoms with Gasteiger partial charge in [0.05, 0.1) is 5.52 Å². The Hall–Kier alpha value is -1.42. The second-order valence-electron chi connectivity index (χ2n) is 5.49. The number of aryl methyl sites for hydroxylation is 1. The number of rotatable bonds is 9. The molecule has 0 atom stereocenters. The van der Waals surface area contributed by atoms with Crippen LogP contribution in [0.15, 0.2) is 12.1 Å². The van der Waals surface area contributed by atoms with Gasteiger partial charge in [0.2, 0.25) is 0 Å². The van der Waals surface area contributed by atoms with E-state index in [2.05, 4.69) is 34.5 Å². The van der Waals surface area contributed by atoms with Gasteiger partial charge in [-0.15, -0.1) is 5.10 Å². The van der Waals surface area contributed by atoms with E-state index in [9.17, 15) is 0 Å². The summed E-state index contributed by atoms with van der Waals surface area (Å²) in [5, 5.41) is 10.9. The summed E-state index contributed by atoms with van der Waals surface area (Å²) in [4.78, 5) is 0. The first-order valence-corrected chi connectivity index (χ1v) is 7.88. The molecule has 0 radical (unpaired) electrons. The molecule has 0 bridgehead atoms. The largest absolute Gasteiger partial charge is 0.326 e. The number of aromatic nitrogens is 3. The Morgan fingerprint density at radius 3 is 2.55 bits per heavy atom. The van der Waals surface area contributed by atoms with Crippen molar-refractivity contribution in [1.29, 1.82) is 0 Å². The molecule has 1 aromatic heterocycles. The van der Waals surface area contributed by atoms with Crippen molar-refractivity contribution in [3.63, 3.8) is 0 Å². The Morgan fingerprint density at radius 1 is 1.05 bits per heavy atom. The molecule has 0 aliphatic heterocycles. The second-order valence-corrected chi connectivity index (χ2v) is 5.49. The van der Waals surface area contributed by atoms with Crippen molar-refractivity contribution in [2.24, 2.45) is 5.73 Å². The maximum absolute atomic E-state index is 5.88. The Kier molecular flexibility index (Phi) is 5.99. The van der Waals surface area contributed by atoms with Gasteiger partial charge in [-0.05, 0) is 30.0 Å². The van der Waals surface area contributed by atoms with E-state index in [1.807, 2.05) is 0 Å². The van der Waals surface area contributed by atoms with E-state index in [1.165, 1.54) is 50.5 Å². The lowest BCUT2D eigenvalue weighted by Crippen LogP contribution is -2.03. The molecule has 20 heavy (non-hydrogen) atoms. The molecule has 110 valence electrons. The first-order chi connectivity index (χ1) is 9.86. The minimum atomic E-state index is 0.537. The first kappa shape index (κ1) is 15.0. The number of hydrogen-bond donors (Lipinski definition) is 2. The fraction of sp³-hybridized carbons (Fsp3) is 0.625. The van der Waals surface area contributed by atoms with Crippen LogP contribution in [0.3, 0.4) is 0 Å². The van der Waals surface area contributed by atoms with Crippen molar-refractivity contribution in [2.75, 3.05) is 0 Å². The van der Waals surface area contributed by atoms with E-state index < -0.39 is 0 Å². The molecule has 3 N–H and O–H groups in total. The highest BCUT2D eigenvalue weighted by atomic mass is 15.3. The summed E-state index contributed by atoms with van der Waals surface area (Å²) in [5.41, 5.74) is 10.3. The smallest absolute Gasteiger partial charge is 0.117 e. The number of nitrogens with zero attached hydrogens (tertiary/aromatic N) is 2. The molecule has 0 amide bonds. The Balaban J connectivity index is 1.83. The number of nitrogens with two attached hydrogens (primary N) is 1. The number of fused-ring (bicyclic) bond motifs is 1. The van der Waals surface area contributed by atoms with Gasteiger partial charge in [0, 0.05) is 6.54 Å². The molecular weight excluding hydrogens is 248 g/mol. The van der Waals surface area contributed by atoms with Crippen LogP contribution in [-0.4, -0.2) is 15.4 Å².